The van der Waals surface area contributed by atoms with Crippen molar-refractivity contribution < 1.29 is 38.2 Å². The summed E-state index contributed by atoms with van der Waals surface area (Å²) in [6, 6.07) is 22.2. The number of aromatic nitrogens is 2. The van der Waals surface area contributed by atoms with E-state index in [1.807, 2.05) is 54.6 Å². The number of likely N-dealkylation sites (tertiary alicyclic amines) is 2. The number of halogens is 1. The first-order valence-corrected chi connectivity index (χ1v) is 26.6. The molecule has 5 aliphatic heterocycles. The molecular formula is C54H60ClN9O8S. The molecule has 7 heterocycles. The summed E-state index contributed by atoms with van der Waals surface area (Å²) >= 11 is 7.94. The van der Waals surface area contributed by atoms with Crippen LogP contribution in [0.15, 0.2) is 79.0 Å². The number of nitrogens with zero attached hydrogens (tertiary/aromatic N) is 5. The van der Waals surface area contributed by atoms with Gasteiger partial charge in [0.2, 0.25) is 29.5 Å². The maximum atomic E-state index is 14.3. The lowest BCUT2D eigenvalue weighted by atomic mass is 9.86. The van der Waals surface area contributed by atoms with Gasteiger partial charge in [0, 0.05) is 83.3 Å². The van der Waals surface area contributed by atoms with Crippen LogP contribution in [0.25, 0.3) is 20.8 Å². The van der Waals surface area contributed by atoms with E-state index in [1.165, 1.54) is 11.3 Å². The van der Waals surface area contributed by atoms with E-state index in [4.69, 9.17) is 26.1 Å². The topological polar surface area (TPSA) is 204 Å². The van der Waals surface area contributed by atoms with Gasteiger partial charge in [-0.05, 0) is 117 Å². The summed E-state index contributed by atoms with van der Waals surface area (Å²) in [7, 11) is 1.57. The molecule has 2 aromatic heterocycles. The van der Waals surface area contributed by atoms with Crippen molar-refractivity contribution in [3.05, 3.63) is 95.1 Å². The van der Waals surface area contributed by atoms with Crippen molar-refractivity contribution in [2.45, 2.75) is 75.2 Å². The van der Waals surface area contributed by atoms with Crippen molar-refractivity contribution >= 4 is 80.1 Å². The number of rotatable bonds is 14. The Bertz CT molecular complexity index is 2910. The minimum Gasteiger partial charge on any atom is -0.492 e. The number of ether oxygens (including phenoxy) is 2. The van der Waals surface area contributed by atoms with E-state index >= 15 is 0 Å². The van der Waals surface area contributed by atoms with Gasteiger partial charge in [0.05, 0.1) is 39.2 Å². The van der Waals surface area contributed by atoms with Crippen LogP contribution in [0.1, 0.15) is 80.8 Å². The fourth-order valence-electron chi connectivity index (χ4n) is 11.0. The number of benzene rings is 3. The highest BCUT2D eigenvalue weighted by Crippen LogP contribution is 2.42. The minimum atomic E-state index is -1.26. The Morgan fingerprint density at radius 1 is 0.877 bits per heavy atom. The Hall–Kier alpha value is -6.63. The average molecular weight is 1030 g/mol. The van der Waals surface area contributed by atoms with Gasteiger partial charge in [-0.15, -0.1) is 11.3 Å². The number of para-hydroxylation sites is 1. The number of piperidine rings is 4. The summed E-state index contributed by atoms with van der Waals surface area (Å²) in [5.74, 6) is 0.123. The van der Waals surface area contributed by atoms with Gasteiger partial charge in [-0.2, -0.15) is 0 Å². The van der Waals surface area contributed by atoms with Crippen molar-refractivity contribution in [2.75, 3.05) is 76.2 Å². The molecule has 6 amide bonds. The summed E-state index contributed by atoms with van der Waals surface area (Å²) in [6.07, 6.45) is 6.71. The molecule has 4 N–H and O–H groups in total. The number of likely N-dealkylation sites (N-methyl/N-ethyl adjacent to an activating group) is 1. The third-order valence-electron chi connectivity index (χ3n) is 15.2. The third-order valence-corrected chi connectivity index (χ3v) is 16.7. The molecule has 0 saturated carbocycles. The molecular weight excluding hydrogens is 970 g/mol. The van der Waals surface area contributed by atoms with Crippen LogP contribution in [-0.2, 0) is 28.8 Å². The van der Waals surface area contributed by atoms with E-state index < -0.39 is 11.5 Å². The zero-order valence-electron chi connectivity index (χ0n) is 40.8. The molecule has 0 bridgehead atoms. The summed E-state index contributed by atoms with van der Waals surface area (Å²) in [6.45, 7) is 5.53. The van der Waals surface area contributed by atoms with E-state index in [1.54, 1.807) is 36.3 Å². The summed E-state index contributed by atoms with van der Waals surface area (Å²) in [4.78, 5) is 94.2. The monoisotopic (exact) mass is 1030 g/mol. The maximum Gasteiger partial charge on any atom is 0.264 e. The largest absolute Gasteiger partial charge is 0.492 e. The molecule has 19 heteroatoms. The first kappa shape index (κ1) is 49.9. The molecule has 1 unspecified atom stereocenters. The number of nitrogens with one attached hydrogen (secondary N) is 4. The lowest BCUT2D eigenvalue weighted by molar-refractivity contribution is -0.147. The molecule has 382 valence electrons. The average Bonchev–Trinajstić information content (AvgIpc) is 3.86. The Balaban J connectivity index is 0.679. The van der Waals surface area contributed by atoms with Crippen LogP contribution >= 0.6 is 22.9 Å². The highest BCUT2D eigenvalue weighted by atomic mass is 35.5. The lowest BCUT2D eigenvalue weighted by Crippen LogP contribution is -2.58. The van der Waals surface area contributed by atoms with Gasteiger partial charge in [-0.25, -0.2) is 9.97 Å². The van der Waals surface area contributed by atoms with Gasteiger partial charge >= 0.3 is 0 Å². The number of carbonyl (C=O) groups excluding carboxylic acids is 6. The molecule has 5 aliphatic rings. The normalized spacial score (nSPS) is 20.7. The molecule has 4 fully saturated rings. The fraction of sp³-hybridized carbons (Fsp3) is 0.444. The van der Waals surface area contributed by atoms with E-state index in [0.717, 1.165) is 85.6 Å². The number of pyridine rings is 1. The predicted molar refractivity (Wildman–Crippen MR) is 278 cm³/mol. The lowest BCUT2D eigenvalue weighted by Gasteiger charge is -2.42. The smallest absolute Gasteiger partial charge is 0.264 e. The second-order valence-corrected chi connectivity index (χ2v) is 21.2. The van der Waals surface area contributed by atoms with E-state index in [-0.39, 0.29) is 86.2 Å². The standard InChI is InChI=1S/C54H60ClN9O8S/c1-56-53(70)54(72-44-8-3-2-5-38(44)51-60-43-7-4-6-41(55)48(43)73-51)18-26-64(27-19-54)52(69)40-31-47(66)59-42-11-9-36(30-39(40)42)71-28-21-58-49(67)34-16-22-62(23-17-34)32-33-14-24-63(25-15-33)45-29-35(13-20-57-45)37-10-12-46(65)61-50(37)68/h2-9,11,13,20,29-30,33-34,37,40H,10,12,14-19,21-28,31-32H2,1H3,(H,56,70)(H,58,67)(H,59,66)(H,61,65,68)/t37?,40-/m0/s1. The zero-order valence-corrected chi connectivity index (χ0v) is 42.4. The first-order valence-electron chi connectivity index (χ1n) is 25.4. The van der Waals surface area contributed by atoms with Crippen LogP contribution in [-0.4, -0.2) is 127 Å². The van der Waals surface area contributed by atoms with Gasteiger partial charge < -0.3 is 40.1 Å². The van der Waals surface area contributed by atoms with Crippen molar-refractivity contribution in [3.63, 3.8) is 0 Å². The van der Waals surface area contributed by atoms with E-state index in [0.29, 0.717) is 58.1 Å². The Kier molecular flexibility index (Phi) is 14.9. The molecule has 17 nitrogen and oxygen atoms in total. The first-order chi connectivity index (χ1) is 35.4. The fourth-order valence-corrected chi connectivity index (χ4v) is 12.3. The molecule has 2 atom stereocenters. The Morgan fingerprint density at radius 3 is 2.44 bits per heavy atom. The van der Waals surface area contributed by atoms with Gasteiger partial charge in [-0.1, -0.05) is 29.8 Å². The number of thiazole rings is 1. The van der Waals surface area contributed by atoms with Crippen molar-refractivity contribution in [1.82, 2.24) is 35.7 Å². The van der Waals surface area contributed by atoms with Crippen LogP contribution in [0.3, 0.4) is 0 Å². The molecule has 0 aliphatic carbocycles. The van der Waals surface area contributed by atoms with Crippen molar-refractivity contribution in [3.8, 4) is 22.1 Å². The number of hydrogen-bond acceptors (Lipinski definition) is 13. The molecule has 0 radical (unpaired) electrons. The second-order valence-electron chi connectivity index (χ2n) is 19.8. The Labute approximate surface area is 432 Å². The SMILES string of the molecule is CNC(=O)C1(Oc2ccccc2-c2nc3cccc(Cl)c3s2)CCN(C(=O)[C@H]2CC(=O)Nc3ccc(OCCNC(=O)C4CCN(CC5CCN(c6cc(C7CCC(=O)NC7=O)ccn6)CC5)CC4)cc32)CC1. The summed E-state index contributed by atoms with van der Waals surface area (Å²) in [5.41, 5.74) is 2.35. The number of hydrogen-bond donors (Lipinski definition) is 4. The third kappa shape index (κ3) is 11.0. The van der Waals surface area contributed by atoms with Crippen LogP contribution in [0, 0.1) is 11.8 Å². The quantitative estimate of drug-likeness (QED) is 0.0719. The number of carbonyl (C=O) groups is 6. The summed E-state index contributed by atoms with van der Waals surface area (Å²) in [5, 5.41) is 12.5. The number of imide groups is 1. The highest BCUT2D eigenvalue weighted by Gasteiger charge is 2.46. The van der Waals surface area contributed by atoms with Crippen molar-refractivity contribution in [2.24, 2.45) is 11.8 Å². The molecule has 4 saturated heterocycles. The second kappa shape index (κ2) is 21.8. The predicted octanol–water partition coefficient (Wildman–Crippen LogP) is 6.27. The number of fused-ring (bicyclic) bond motifs is 2. The van der Waals surface area contributed by atoms with Crippen LogP contribution in [0.2, 0.25) is 5.02 Å². The molecule has 3 aromatic carbocycles. The van der Waals surface area contributed by atoms with Crippen LogP contribution in [0.4, 0.5) is 11.5 Å². The van der Waals surface area contributed by atoms with E-state index in [9.17, 15) is 28.8 Å². The van der Waals surface area contributed by atoms with Gasteiger partial charge in [0.15, 0.2) is 5.60 Å². The van der Waals surface area contributed by atoms with Gasteiger partial charge in [0.1, 0.15) is 28.9 Å². The highest BCUT2D eigenvalue weighted by molar-refractivity contribution is 7.22. The maximum absolute atomic E-state index is 14.3. The van der Waals surface area contributed by atoms with Crippen LogP contribution in [0.5, 0.6) is 11.5 Å². The minimum absolute atomic E-state index is 0.0255. The van der Waals surface area contributed by atoms with E-state index in [2.05, 4.69) is 36.1 Å². The van der Waals surface area contributed by atoms with Gasteiger partial charge in [-0.3, -0.25) is 34.1 Å². The number of amides is 6. The van der Waals surface area contributed by atoms with Crippen LogP contribution < -0.4 is 35.6 Å². The zero-order chi connectivity index (χ0) is 50.6. The molecule has 10 rings (SSSR count). The summed E-state index contributed by atoms with van der Waals surface area (Å²) < 4.78 is 13.7. The molecule has 73 heavy (non-hydrogen) atoms. The van der Waals surface area contributed by atoms with Gasteiger partial charge in [0.25, 0.3) is 5.91 Å². The molecule has 0 spiro atoms. The Morgan fingerprint density at radius 2 is 1.67 bits per heavy atom. The number of anilines is 2. The molecule has 5 aromatic rings. The van der Waals surface area contributed by atoms with Crippen molar-refractivity contribution in [1.29, 1.82) is 0 Å².